The van der Waals surface area contributed by atoms with Gasteiger partial charge in [-0.3, -0.25) is 0 Å². The lowest BCUT2D eigenvalue weighted by Crippen LogP contribution is -2.02. The number of nitrogens with two attached hydrogens (primary N) is 1. The van der Waals surface area contributed by atoms with Gasteiger partial charge in [0, 0.05) is 17.9 Å². The number of nitrogen functional groups attached to an aromatic ring is 1. The fraction of sp³-hybridized carbons (Fsp3) is 0.200. The molecule has 0 saturated carbocycles. The van der Waals surface area contributed by atoms with Gasteiger partial charge in [0.1, 0.15) is 0 Å². The molecular formula is C15H18N2. The molecule has 2 rings (SSSR count). The van der Waals surface area contributed by atoms with Crippen LogP contribution < -0.4 is 11.1 Å². The number of hydrogen-bond donors (Lipinski definition) is 2. The van der Waals surface area contributed by atoms with E-state index in [1.54, 1.807) is 0 Å². The Morgan fingerprint density at radius 3 is 2.59 bits per heavy atom. The van der Waals surface area contributed by atoms with Crippen molar-refractivity contribution in [3.8, 4) is 0 Å². The van der Waals surface area contributed by atoms with E-state index in [-0.39, 0.29) is 0 Å². The third-order valence-corrected chi connectivity index (χ3v) is 2.94. The second-order valence-electron chi connectivity index (χ2n) is 4.36. The first-order valence-electron chi connectivity index (χ1n) is 5.81. The minimum atomic E-state index is 0.825. The highest BCUT2D eigenvalue weighted by atomic mass is 14.9. The Labute approximate surface area is 102 Å². The van der Waals surface area contributed by atoms with Gasteiger partial charge in [-0.2, -0.15) is 0 Å². The summed E-state index contributed by atoms with van der Waals surface area (Å²) in [5, 5.41) is 3.42. The molecule has 17 heavy (non-hydrogen) atoms. The molecule has 0 saturated heterocycles. The van der Waals surface area contributed by atoms with Crippen molar-refractivity contribution in [3.05, 3.63) is 59.2 Å². The highest BCUT2D eigenvalue weighted by molar-refractivity contribution is 5.62. The van der Waals surface area contributed by atoms with Crippen LogP contribution in [0.25, 0.3) is 0 Å². The Morgan fingerprint density at radius 1 is 1.06 bits per heavy atom. The molecule has 2 nitrogen and oxygen atoms in total. The van der Waals surface area contributed by atoms with Crippen LogP contribution in [-0.2, 0) is 6.54 Å². The van der Waals surface area contributed by atoms with Crippen LogP contribution in [0.2, 0.25) is 0 Å². The molecule has 88 valence electrons. The first kappa shape index (κ1) is 11.5. The summed E-state index contributed by atoms with van der Waals surface area (Å²) < 4.78 is 0. The monoisotopic (exact) mass is 226 g/mol. The van der Waals surface area contributed by atoms with Gasteiger partial charge in [-0.25, -0.2) is 0 Å². The molecular weight excluding hydrogens is 208 g/mol. The normalized spacial score (nSPS) is 10.2. The zero-order chi connectivity index (χ0) is 12.3. The molecule has 0 bridgehead atoms. The zero-order valence-electron chi connectivity index (χ0n) is 10.3. The molecule has 0 atom stereocenters. The molecule has 0 radical (unpaired) electrons. The van der Waals surface area contributed by atoms with Crippen molar-refractivity contribution >= 4 is 11.4 Å². The Kier molecular flexibility index (Phi) is 3.33. The molecule has 2 aromatic carbocycles. The van der Waals surface area contributed by atoms with E-state index in [2.05, 4.69) is 42.6 Å². The van der Waals surface area contributed by atoms with Crippen molar-refractivity contribution in [2.45, 2.75) is 20.4 Å². The Balaban J connectivity index is 2.10. The third kappa shape index (κ3) is 2.78. The minimum Gasteiger partial charge on any atom is -0.398 e. The van der Waals surface area contributed by atoms with E-state index in [9.17, 15) is 0 Å². The van der Waals surface area contributed by atoms with Crippen molar-refractivity contribution in [2.75, 3.05) is 11.1 Å². The van der Waals surface area contributed by atoms with Crippen LogP contribution in [0.15, 0.2) is 42.5 Å². The number of anilines is 2. The van der Waals surface area contributed by atoms with Gasteiger partial charge in [-0.15, -0.1) is 0 Å². The van der Waals surface area contributed by atoms with E-state index >= 15 is 0 Å². The summed E-state index contributed by atoms with van der Waals surface area (Å²) in [5.74, 6) is 0. The summed E-state index contributed by atoms with van der Waals surface area (Å²) in [6, 6.07) is 14.5. The van der Waals surface area contributed by atoms with E-state index < -0.39 is 0 Å². The van der Waals surface area contributed by atoms with Crippen LogP contribution in [-0.4, -0.2) is 0 Å². The molecule has 0 aromatic heterocycles. The van der Waals surface area contributed by atoms with Gasteiger partial charge in [-0.05, 0) is 37.1 Å². The molecule has 0 aliphatic heterocycles. The molecule has 2 aromatic rings. The fourth-order valence-electron chi connectivity index (χ4n) is 1.86. The Bertz CT molecular complexity index is 518. The lowest BCUT2D eigenvalue weighted by molar-refractivity contribution is 1.13. The third-order valence-electron chi connectivity index (χ3n) is 2.94. The standard InChI is InChI=1S/C15H18N2/c1-11-5-3-6-13(9-11)10-17-15-8-4-7-14(16)12(15)2/h3-9,17H,10,16H2,1-2H3. The lowest BCUT2D eigenvalue weighted by atomic mass is 10.1. The molecule has 3 N–H and O–H groups in total. The second-order valence-corrected chi connectivity index (χ2v) is 4.36. The summed E-state index contributed by atoms with van der Waals surface area (Å²) in [4.78, 5) is 0. The van der Waals surface area contributed by atoms with Gasteiger partial charge in [0.25, 0.3) is 0 Å². The van der Waals surface area contributed by atoms with Crippen molar-refractivity contribution in [1.82, 2.24) is 0 Å². The molecule has 0 unspecified atom stereocenters. The maximum Gasteiger partial charge on any atom is 0.0400 e. The largest absolute Gasteiger partial charge is 0.398 e. The number of rotatable bonds is 3. The first-order valence-corrected chi connectivity index (χ1v) is 5.81. The van der Waals surface area contributed by atoms with Crippen molar-refractivity contribution in [2.24, 2.45) is 0 Å². The van der Waals surface area contributed by atoms with Gasteiger partial charge in [0.05, 0.1) is 0 Å². The molecule has 0 amide bonds. The Morgan fingerprint density at radius 2 is 1.82 bits per heavy atom. The molecule has 0 fully saturated rings. The van der Waals surface area contributed by atoms with Crippen LogP contribution in [0.3, 0.4) is 0 Å². The van der Waals surface area contributed by atoms with Gasteiger partial charge in [0.15, 0.2) is 0 Å². The van der Waals surface area contributed by atoms with Crippen LogP contribution in [0.1, 0.15) is 16.7 Å². The average Bonchev–Trinajstić information content (AvgIpc) is 2.31. The SMILES string of the molecule is Cc1cccc(CNc2cccc(N)c2C)c1. The smallest absolute Gasteiger partial charge is 0.0400 e. The summed E-state index contributed by atoms with van der Waals surface area (Å²) in [5.41, 5.74) is 11.5. The second kappa shape index (κ2) is 4.91. The zero-order valence-corrected chi connectivity index (χ0v) is 10.3. The van der Waals surface area contributed by atoms with E-state index in [1.807, 2.05) is 19.1 Å². The maximum atomic E-state index is 5.87. The minimum absolute atomic E-state index is 0.825. The van der Waals surface area contributed by atoms with Crippen LogP contribution in [0.5, 0.6) is 0 Å². The highest BCUT2D eigenvalue weighted by Crippen LogP contribution is 2.21. The van der Waals surface area contributed by atoms with E-state index in [0.29, 0.717) is 0 Å². The summed E-state index contributed by atoms with van der Waals surface area (Å²) in [6.45, 7) is 4.97. The molecule has 0 spiro atoms. The highest BCUT2D eigenvalue weighted by Gasteiger charge is 2.00. The maximum absolute atomic E-state index is 5.87. The van der Waals surface area contributed by atoms with E-state index in [0.717, 1.165) is 23.5 Å². The van der Waals surface area contributed by atoms with Crippen molar-refractivity contribution in [1.29, 1.82) is 0 Å². The number of aryl methyl sites for hydroxylation is 1. The molecule has 0 heterocycles. The Hall–Kier alpha value is -1.96. The summed E-state index contributed by atoms with van der Waals surface area (Å²) >= 11 is 0. The van der Waals surface area contributed by atoms with Crippen LogP contribution >= 0.6 is 0 Å². The molecule has 0 aliphatic rings. The first-order chi connectivity index (χ1) is 8.16. The van der Waals surface area contributed by atoms with Gasteiger partial charge in [-0.1, -0.05) is 35.9 Å². The van der Waals surface area contributed by atoms with Gasteiger partial charge in [0.2, 0.25) is 0 Å². The van der Waals surface area contributed by atoms with E-state index in [1.165, 1.54) is 11.1 Å². The van der Waals surface area contributed by atoms with Crippen molar-refractivity contribution in [3.63, 3.8) is 0 Å². The number of benzene rings is 2. The van der Waals surface area contributed by atoms with Gasteiger partial charge < -0.3 is 11.1 Å². The molecule has 0 aliphatic carbocycles. The number of nitrogens with one attached hydrogen (secondary N) is 1. The van der Waals surface area contributed by atoms with Crippen LogP contribution in [0, 0.1) is 13.8 Å². The lowest BCUT2D eigenvalue weighted by Gasteiger charge is -2.11. The predicted molar refractivity (Wildman–Crippen MR) is 74.1 cm³/mol. The molecule has 2 heteroatoms. The van der Waals surface area contributed by atoms with Gasteiger partial charge >= 0.3 is 0 Å². The number of hydrogen-bond acceptors (Lipinski definition) is 2. The van der Waals surface area contributed by atoms with Crippen molar-refractivity contribution < 1.29 is 0 Å². The topological polar surface area (TPSA) is 38.0 Å². The quantitative estimate of drug-likeness (QED) is 0.786. The fourth-order valence-corrected chi connectivity index (χ4v) is 1.86. The average molecular weight is 226 g/mol. The summed E-state index contributed by atoms with van der Waals surface area (Å²) in [7, 11) is 0. The van der Waals surface area contributed by atoms with Crippen LogP contribution in [0.4, 0.5) is 11.4 Å². The van der Waals surface area contributed by atoms with E-state index in [4.69, 9.17) is 5.73 Å². The summed E-state index contributed by atoms with van der Waals surface area (Å²) in [6.07, 6.45) is 0. The predicted octanol–water partition coefficient (Wildman–Crippen LogP) is 3.50.